The molecule has 11 heavy (non-hydrogen) atoms. The van der Waals surface area contributed by atoms with Gasteiger partial charge in [-0.25, -0.2) is 4.68 Å². The topological polar surface area (TPSA) is 98.0 Å². The summed E-state index contributed by atoms with van der Waals surface area (Å²) in [6, 6.07) is 0. The summed E-state index contributed by atoms with van der Waals surface area (Å²) < 4.78 is 0.898. The SMILES string of the molecule is O=Cc1nnnn1CC(=O)O. The molecule has 0 saturated carbocycles. The van der Waals surface area contributed by atoms with E-state index in [0.717, 1.165) is 4.68 Å². The van der Waals surface area contributed by atoms with Gasteiger partial charge in [0.1, 0.15) is 6.54 Å². The second-order valence-electron chi connectivity index (χ2n) is 1.71. The van der Waals surface area contributed by atoms with Gasteiger partial charge in [0.25, 0.3) is 0 Å². The Morgan fingerprint density at radius 1 is 1.73 bits per heavy atom. The van der Waals surface area contributed by atoms with Crippen LogP contribution < -0.4 is 0 Å². The highest BCUT2D eigenvalue weighted by molar-refractivity contribution is 5.71. The normalized spacial score (nSPS) is 9.45. The van der Waals surface area contributed by atoms with Crippen molar-refractivity contribution in [3.8, 4) is 0 Å². The highest BCUT2D eigenvalue weighted by Gasteiger charge is 2.06. The second kappa shape index (κ2) is 2.86. The number of tetrazole rings is 1. The first-order chi connectivity index (χ1) is 5.24. The molecule has 0 unspecified atom stereocenters. The van der Waals surface area contributed by atoms with Gasteiger partial charge in [-0.15, -0.1) is 5.10 Å². The number of carbonyl (C=O) groups is 2. The molecular formula is C4H4N4O3. The maximum Gasteiger partial charge on any atom is 0.325 e. The fourth-order valence-corrected chi connectivity index (χ4v) is 0.537. The Hall–Kier alpha value is -1.79. The van der Waals surface area contributed by atoms with Crippen LogP contribution in [0.15, 0.2) is 0 Å². The first kappa shape index (κ1) is 7.32. The summed E-state index contributed by atoms with van der Waals surface area (Å²) in [4.78, 5) is 20.2. The molecule has 0 spiro atoms. The molecule has 0 bridgehead atoms. The van der Waals surface area contributed by atoms with Crippen molar-refractivity contribution in [3.05, 3.63) is 5.82 Å². The minimum absolute atomic E-state index is 0.0904. The van der Waals surface area contributed by atoms with Crippen molar-refractivity contribution in [1.29, 1.82) is 0 Å². The number of nitrogens with zero attached hydrogens (tertiary/aromatic N) is 4. The zero-order valence-corrected chi connectivity index (χ0v) is 5.34. The number of aldehydes is 1. The van der Waals surface area contributed by atoms with Gasteiger partial charge in [0.05, 0.1) is 0 Å². The average molecular weight is 156 g/mol. The molecule has 1 heterocycles. The summed E-state index contributed by atoms with van der Waals surface area (Å²) in [6.45, 7) is -0.402. The van der Waals surface area contributed by atoms with Crippen LogP contribution in [0.3, 0.4) is 0 Å². The van der Waals surface area contributed by atoms with Gasteiger partial charge in [-0.05, 0) is 10.4 Å². The minimum Gasteiger partial charge on any atom is -0.480 e. The first-order valence-corrected chi connectivity index (χ1v) is 2.67. The van der Waals surface area contributed by atoms with E-state index in [1.165, 1.54) is 0 Å². The molecule has 0 aliphatic heterocycles. The molecule has 0 aliphatic carbocycles. The third-order valence-corrected chi connectivity index (χ3v) is 0.950. The summed E-state index contributed by atoms with van der Waals surface area (Å²) in [5, 5.41) is 17.9. The van der Waals surface area contributed by atoms with Gasteiger partial charge in [0.15, 0.2) is 6.29 Å². The van der Waals surface area contributed by atoms with Crippen molar-refractivity contribution in [2.45, 2.75) is 6.54 Å². The number of carbonyl (C=O) groups excluding carboxylic acids is 1. The third-order valence-electron chi connectivity index (χ3n) is 0.950. The molecule has 0 saturated heterocycles. The molecule has 7 nitrogen and oxygen atoms in total. The Bertz CT molecular complexity index is 281. The summed E-state index contributed by atoms with van der Waals surface area (Å²) in [7, 11) is 0. The lowest BCUT2D eigenvalue weighted by atomic mass is 10.6. The van der Waals surface area contributed by atoms with E-state index >= 15 is 0 Å². The van der Waals surface area contributed by atoms with Gasteiger partial charge in [-0.1, -0.05) is 0 Å². The number of carboxylic acids is 1. The predicted octanol–water partition coefficient (Wildman–Crippen LogP) is -1.43. The standard InChI is InChI=1S/C4H4N4O3/c9-2-3-5-6-7-8(3)1-4(10)11/h2H,1H2,(H,10,11). The molecule has 0 atom stereocenters. The number of aliphatic carboxylic acids is 1. The molecule has 7 heteroatoms. The number of carboxylic acid groups (broad SMARTS) is 1. The molecule has 58 valence electrons. The molecule has 1 rings (SSSR count). The van der Waals surface area contributed by atoms with E-state index in [1.807, 2.05) is 0 Å². The van der Waals surface area contributed by atoms with Crippen LogP contribution in [0.25, 0.3) is 0 Å². The van der Waals surface area contributed by atoms with Crippen LogP contribution >= 0.6 is 0 Å². The fraction of sp³-hybridized carbons (Fsp3) is 0.250. The Morgan fingerprint density at radius 3 is 3.00 bits per heavy atom. The van der Waals surface area contributed by atoms with E-state index < -0.39 is 12.5 Å². The number of aromatic nitrogens is 4. The minimum atomic E-state index is -1.10. The van der Waals surface area contributed by atoms with E-state index in [-0.39, 0.29) is 5.82 Å². The van der Waals surface area contributed by atoms with Crippen molar-refractivity contribution in [3.63, 3.8) is 0 Å². The van der Waals surface area contributed by atoms with Gasteiger partial charge < -0.3 is 5.11 Å². The van der Waals surface area contributed by atoms with Crippen molar-refractivity contribution in [2.75, 3.05) is 0 Å². The van der Waals surface area contributed by atoms with E-state index in [0.29, 0.717) is 6.29 Å². The lowest BCUT2D eigenvalue weighted by Crippen LogP contribution is -2.12. The maximum atomic E-state index is 10.1. The van der Waals surface area contributed by atoms with Crippen LogP contribution in [0.5, 0.6) is 0 Å². The predicted molar refractivity (Wildman–Crippen MR) is 30.8 cm³/mol. The lowest BCUT2D eigenvalue weighted by Gasteiger charge is -1.92. The number of hydrogen-bond acceptors (Lipinski definition) is 5. The molecular weight excluding hydrogens is 152 g/mol. The van der Waals surface area contributed by atoms with Gasteiger partial charge in [-0.3, -0.25) is 9.59 Å². The summed E-state index contributed by atoms with van der Waals surface area (Å²) >= 11 is 0. The summed E-state index contributed by atoms with van der Waals surface area (Å²) in [5.74, 6) is -1.19. The Kier molecular flexibility index (Phi) is 1.90. The highest BCUT2D eigenvalue weighted by Crippen LogP contribution is 1.85. The van der Waals surface area contributed by atoms with Crippen LogP contribution in [0.4, 0.5) is 0 Å². The van der Waals surface area contributed by atoms with Crippen molar-refractivity contribution < 1.29 is 14.7 Å². The Morgan fingerprint density at radius 2 is 2.45 bits per heavy atom. The van der Waals surface area contributed by atoms with Crippen molar-refractivity contribution >= 4 is 12.3 Å². The van der Waals surface area contributed by atoms with E-state index in [2.05, 4.69) is 15.5 Å². The third kappa shape index (κ3) is 1.57. The monoisotopic (exact) mass is 156 g/mol. The van der Waals surface area contributed by atoms with Crippen molar-refractivity contribution in [2.24, 2.45) is 0 Å². The highest BCUT2D eigenvalue weighted by atomic mass is 16.4. The fourth-order valence-electron chi connectivity index (χ4n) is 0.537. The molecule has 1 N–H and O–H groups in total. The van der Waals surface area contributed by atoms with Crippen molar-refractivity contribution in [1.82, 2.24) is 20.2 Å². The molecule has 1 aromatic rings. The second-order valence-corrected chi connectivity index (χ2v) is 1.71. The van der Waals surface area contributed by atoms with Crippen LogP contribution in [0.2, 0.25) is 0 Å². The number of rotatable bonds is 3. The van der Waals surface area contributed by atoms with Crippen LogP contribution in [0, 0.1) is 0 Å². The van der Waals surface area contributed by atoms with Crippen LogP contribution in [-0.4, -0.2) is 37.6 Å². The summed E-state index contributed by atoms with van der Waals surface area (Å²) in [6.07, 6.45) is 0.392. The summed E-state index contributed by atoms with van der Waals surface area (Å²) in [5.41, 5.74) is 0. The Balaban J connectivity index is 2.84. The molecule has 1 aromatic heterocycles. The lowest BCUT2D eigenvalue weighted by molar-refractivity contribution is -0.137. The number of hydrogen-bond donors (Lipinski definition) is 1. The smallest absolute Gasteiger partial charge is 0.325 e. The molecule has 0 aromatic carbocycles. The first-order valence-electron chi connectivity index (χ1n) is 2.67. The largest absolute Gasteiger partial charge is 0.480 e. The average Bonchev–Trinajstić information content (AvgIpc) is 2.34. The molecule has 0 amide bonds. The zero-order chi connectivity index (χ0) is 8.27. The van der Waals surface area contributed by atoms with E-state index in [1.54, 1.807) is 0 Å². The van der Waals surface area contributed by atoms with E-state index in [4.69, 9.17) is 5.11 Å². The van der Waals surface area contributed by atoms with Gasteiger partial charge in [0, 0.05) is 0 Å². The van der Waals surface area contributed by atoms with Gasteiger partial charge in [0.2, 0.25) is 5.82 Å². The molecule has 0 fully saturated rings. The van der Waals surface area contributed by atoms with E-state index in [9.17, 15) is 9.59 Å². The van der Waals surface area contributed by atoms with Gasteiger partial charge >= 0.3 is 5.97 Å². The van der Waals surface area contributed by atoms with Crippen LogP contribution in [0.1, 0.15) is 10.6 Å². The molecule has 0 aliphatic rings. The molecule has 0 radical (unpaired) electrons. The van der Waals surface area contributed by atoms with Gasteiger partial charge in [-0.2, -0.15) is 0 Å². The zero-order valence-electron chi connectivity index (χ0n) is 5.34. The Labute approximate surface area is 60.6 Å². The quantitative estimate of drug-likeness (QED) is 0.538. The van der Waals surface area contributed by atoms with Crippen LogP contribution in [-0.2, 0) is 11.3 Å². The maximum absolute atomic E-state index is 10.1.